The van der Waals surface area contributed by atoms with Crippen molar-refractivity contribution >= 4 is 45.9 Å². The summed E-state index contributed by atoms with van der Waals surface area (Å²) in [6.45, 7) is 9.13. The van der Waals surface area contributed by atoms with Gasteiger partial charge in [0.1, 0.15) is 18.2 Å². The Morgan fingerprint density at radius 3 is 2.45 bits per heavy atom. The van der Waals surface area contributed by atoms with Gasteiger partial charge in [0.15, 0.2) is 12.4 Å². The van der Waals surface area contributed by atoms with Gasteiger partial charge >= 0.3 is 11.9 Å². The number of ether oxygens (including phenoxy) is 2. The number of fused-ring (bicyclic) bond motifs is 6. The van der Waals surface area contributed by atoms with E-state index < -0.39 is 82.0 Å². The highest BCUT2D eigenvalue weighted by Crippen LogP contribution is 2.77. The average molecular weight is 821 g/mol. The Bertz CT molecular complexity index is 2290. The van der Waals surface area contributed by atoms with Crippen LogP contribution in [-0.4, -0.2) is 75.5 Å². The van der Waals surface area contributed by atoms with Crippen molar-refractivity contribution in [2.45, 2.75) is 97.0 Å². The third-order valence-corrected chi connectivity index (χ3v) is 15.4. The van der Waals surface area contributed by atoms with Crippen LogP contribution in [0.1, 0.15) is 83.8 Å². The zero-order chi connectivity index (χ0) is 43.4. The lowest BCUT2D eigenvalue weighted by molar-refractivity contribution is -0.238. The van der Waals surface area contributed by atoms with Gasteiger partial charge in [-0.05, 0) is 89.8 Å². The van der Waals surface area contributed by atoms with Gasteiger partial charge in [-0.3, -0.25) is 29.0 Å². The number of nitrogens with two attached hydrogens (primary N) is 2. The molecule has 60 heavy (non-hydrogen) atoms. The number of pyridine rings is 1. The van der Waals surface area contributed by atoms with Gasteiger partial charge in [0, 0.05) is 46.3 Å². The lowest BCUT2D eigenvalue weighted by Crippen LogP contribution is -2.69. The fraction of sp³-hybridized carbons (Fsp3) is 0.489. The standard InChI is InChI=1S/C47H56N4O9/c1-27-21-44(3)37-13-11-32-19-34(52)14-16-43(32,2)46(37,5)38(53)22-45(44,4)47(27,58)39(54)26-59-40(55)20-36(49)42(57)60-25-28-6-8-29(9-7-28)35(23-48)41(56)51-33-12-10-31-24-50-17-15-30(31)18-33/h6-10,12,14-19,24,27,35-38,53,58H,11,13,20-23,25-26,48-49H2,1-5H3,(H,51,56)/t27-,35-,36+,37+,38+,43+,44+,45+,46-,47+/m1/s1. The van der Waals surface area contributed by atoms with E-state index in [4.69, 9.17) is 20.9 Å². The van der Waals surface area contributed by atoms with Crippen LogP contribution in [0.2, 0.25) is 0 Å². The molecule has 13 nitrogen and oxygen atoms in total. The van der Waals surface area contributed by atoms with Crippen molar-refractivity contribution in [2.24, 2.45) is 45.0 Å². The minimum Gasteiger partial charge on any atom is -0.460 e. The maximum atomic E-state index is 14.1. The van der Waals surface area contributed by atoms with Crippen molar-refractivity contribution < 1.29 is 43.7 Å². The first-order valence-corrected chi connectivity index (χ1v) is 20.7. The second-order valence-electron chi connectivity index (χ2n) is 18.3. The quantitative estimate of drug-likeness (QED) is 0.155. The average Bonchev–Trinajstić information content (AvgIpc) is 3.37. The summed E-state index contributed by atoms with van der Waals surface area (Å²) in [7, 11) is 0. The molecule has 1 amide bonds. The van der Waals surface area contributed by atoms with E-state index in [0.29, 0.717) is 36.1 Å². The third kappa shape index (κ3) is 6.79. The zero-order valence-electron chi connectivity index (χ0n) is 34.9. The molecule has 4 aliphatic rings. The number of esters is 2. The van der Waals surface area contributed by atoms with Crippen LogP contribution in [-0.2, 0) is 40.1 Å². The number of aromatic nitrogens is 1. The summed E-state index contributed by atoms with van der Waals surface area (Å²) in [6.07, 6.45) is 9.15. The Labute approximate surface area is 350 Å². The normalized spacial score (nSPS) is 32.8. The molecule has 4 aliphatic carbocycles. The molecular weight excluding hydrogens is 765 g/mol. The van der Waals surface area contributed by atoms with Crippen LogP contribution in [0.5, 0.6) is 0 Å². The third-order valence-electron chi connectivity index (χ3n) is 15.4. The second-order valence-corrected chi connectivity index (χ2v) is 18.3. The molecule has 10 atom stereocenters. The number of aliphatic hydroxyl groups is 2. The highest BCUT2D eigenvalue weighted by Gasteiger charge is 2.78. The molecule has 0 aliphatic heterocycles. The van der Waals surface area contributed by atoms with Gasteiger partial charge in [-0.2, -0.15) is 0 Å². The number of carbonyl (C=O) groups excluding carboxylic acids is 5. The van der Waals surface area contributed by atoms with E-state index in [2.05, 4.69) is 31.1 Å². The van der Waals surface area contributed by atoms with Gasteiger partial charge in [0.2, 0.25) is 11.7 Å². The molecule has 3 saturated carbocycles. The predicted octanol–water partition coefficient (Wildman–Crippen LogP) is 4.82. The lowest BCUT2D eigenvalue weighted by Gasteiger charge is -2.69. The van der Waals surface area contributed by atoms with Crippen LogP contribution in [0.25, 0.3) is 10.8 Å². The maximum Gasteiger partial charge on any atom is 0.323 e. The number of hydrogen-bond donors (Lipinski definition) is 5. The van der Waals surface area contributed by atoms with E-state index in [1.807, 2.05) is 38.1 Å². The van der Waals surface area contributed by atoms with Crippen LogP contribution < -0.4 is 16.8 Å². The number of Topliss-reactive ketones (excluding diaryl/α,β-unsaturated/α-hetero) is 1. The first-order valence-electron chi connectivity index (χ1n) is 20.7. The van der Waals surface area contributed by atoms with Crippen LogP contribution in [0.3, 0.4) is 0 Å². The molecule has 13 heteroatoms. The van der Waals surface area contributed by atoms with E-state index in [9.17, 15) is 34.2 Å². The first kappa shape index (κ1) is 43.0. The number of aliphatic hydroxyl groups excluding tert-OH is 1. The van der Waals surface area contributed by atoms with Crippen LogP contribution in [0.15, 0.2) is 84.7 Å². The molecule has 318 valence electrons. The summed E-state index contributed by atoms with van der Waals surface area (Å²) in [5.41, 5.74) is 10.1. The van der Waals surface area contributed by atoms with Crippen molar-refractivity contribution in [3.8, 4) is 0 Å². The topological polar surface area (TPSA) is 221 Å². The smallest absolute Gasteiger partial charge is 0.323 e. The molecule has 0 bridgehead atoms. The summed E-state index contributed by atoms with van der Waals surface area (Å²) in [5, 5.41) is 29.3. The highest BCUT2D eigenvalue weighted by molar-refractivity contribution is 6.01. The van der Waals surface area contributed by atoms with E-state index in [-0.39, 0.29) is 37.2 Å². The predicted molar refractivity (Wildman–Crippen MR) is 224 cm³/mol. The van der Waals surface area contributed by atoms with Gasteiger partial charge < -0.3 is 36.5 Å². The Hall–Kier alpha value is -5.08. The number of ketones is 2. The number of amides is 1. The van der Waals surface area contributed by atoms with Gasteiger partial charge in [-0.15, -0.1) is 0 Å². The Morgan fingerprint density at radius 2 is 1.73 bits per heavy atom. The second kappa shape index (κ2) is 15.7. The number of rotatable bonds is 12. The monoisotopic (exact) mass is 820 g/mol. The summed E-state index contributed by atoms with van der Waals surface area (Å²) in [5.74, 6) is -4.00. The number of allylic oxidation sites excluding steroid dienone is 4. The van der Waals surface area contributed by atoms with Crippen molar-refractivity contribution in [3.05, 3.63) is 95.9 Å². The van der Waals surface area contributed by atoms with Crippen molar-refractivity contribution in [1.29, 1.82) is 0 Å². The van der Waals surface area contributed by atoms with Crippen LogP contribution in [0.4, 0.5) is 5.69 Å². The fourth-order valence-electron chi connectivity index (χ4n) is 11.7. The molecule has 0 saturated heterocycles. The van der Waals surface area contributed by atoms with Crippen molar-refractivity contribution in [2.75, 3.05) is 18.5 Å². The van der Waals surface area contributed by atoms with Crippen molar-refractivity contribution in [1.82, 2.24) is 4.98 Å². The summed E-state index contributed by atoms with van der Waals surface area (Å²) < 4.78 is 10.7. The van der Waals surface area contributed by atoms with Gasteiger partial charge in [-0.25, -0.2) is 0 Å². The zero-order valence-corrected chi connectivity index (χ0v) is 34.9. The molecular formula is C47H56N4O9. The summed E-state index contributed by atoms with van der Waals surface area (Å²) in [6, 6.07) is 12.9. The minimum atomic E-state index is -1.92. The number of anilines is 1. The first-order chi connectivity index (χ1) is 28.3. The number of benzene rings is 2. The van der Waals surface area contributed by atoms with E-state index >= 15 is 0 Å². The van der Waals surface area contributed by atoms with E-state index in [1.54, 1.807) is 54.9 Å². The molecule has 3 fully saturated rings. The molecule has 7 rings (SSSR count). The SMILES string of the molecule is C[C@@H]1C[C@@]2(C)[C@@H]3CCC4=CC(=O)C=C[C@]4(C)[C@@]3(C)[C@@H](O)C[C@]2(C)[C@@]1(O)C(=O)COC(=O)C[C@H](N)C(=O)OCc1ccc([C@@H](CN)C(=O)Nc2ccc3cnccc3c2)cc1. The Balaban J connectivity index is 0.922. The maximum absolute atomic E-state index is 14.1. The van der Waals surface area contributed by atoms with Gasteiger partial charge in [0.05, 0.1) is 18.4 Å². The molecule has 1 aromatic heterocycles. The molecule has 2 aromatic carbocycles. The number of nitrogens with one attached hydrogen (secondary N) is 1. The van der Waals surface area contributed by atoms with Gasteiger partial charge in [-0.1, -0.05) is 76.6 Å². The number of carbonyl (C=O) groups is 5. The molecule has 0 unspecified atom stereocenters. The Morgan fingerprint density at radius 1 is 1.00 bits per heavy atom. The van der Waals surface area contributed by atoms with Crippen molar-refractivity contribution in [3.63, 3.8) is 0 Å². The molecule has 0 spiro atoms. The summed E-state index contributed by atoms with van der Waals surface area (Å²) in [4.78, 5) is 69.4. The van der Waals surface area contributed by atoms with Gasteiger partial charge in [0.25, 0.3) is 0 Å². The largest absolute Gasteiger partial charge is 0.460 e. The molecule has 7 N–H and O–H groups in total. The van der Waals surface area contributed by atoms with Crippen LogP contribution >= 0.6 is 0 Å². The number of hydrogen-bond acceptors (Lipinski definition) is 12. The molecule has 3 aromatic rings. The molecule has 1 heterocycles. The van der Waals surface area contributed by atoms with E-state index in [1.165, 1.54) is 0 Å². The Kier molecular flexibility index (Phi) is 11.3. The fourth-order valence-corrected chi connectivity index (χ4v) is 11.7. The lowest BCUT2D eigenvalue weighted by atomic mass is 9.36. The van der Waals surface area contributed by atoms with E-state index in [0.717, 1.165) is 16.3 Å². The summed E-state index contributed by atoms with van der Waals surface area (Å²) >= 11 is 0. The molecule has 0 radical (unpaired) electrons. The minimum absolute atomic E-state index is 0.0622. The number of nitrogens with zero attached hydrogens (tertiary/aromatic N) is 1. The van der Waals surface area contributed by atoms with Crippen LogP contribution in [0, 0.1) is 33.5 Å². The highest BCUT2D eigenvalue weighted by atomic mass is 16.5.